The largest absolute Gasteiger partial charge is 0.396 e. The molecule has 5 nitrogen and oxygen atoms in total. The van der Waals surface area contributed by atoms with E-state index in [2.05, 4.69) is 15.6 Å². The van der Waals surface area contributed by atoms with Crippen LogP contribution in [0.15, 0.2) is 29.3 Å². The van der Waals surface area contributed by atoms with E-state index in [1.807, 2.05) is 13.0 Å². The van der Waals surface area contributed by atoms with E-state index in [0.717, 1.165) is 37.5 Å². The first-order valence-corrected chi connectivity index (χ1v) is 8.63. The van der Waals surface area contributed by atoms with E-state index in [4.69, 9.17) is 4.74 Å². The number of halogens is 2. The fourth-order valence-corrected chi connectivity index (χ4v) is 2.89. The maximum atomic E-state index is 13.2. The molecule has 0 spiro atoms. The predicted molar refractivity (Wildman–Crippen MR) is 109 cm³/mol. The Kier molecular flexibility index (Phi) is 10.3. The molecule has 2 rings (SSSR count). The smallest absolute Gasteiger partial charge is 0.191 e. The van der Waals surface area contributed by atoms with E-state index < -0.39 is 0 Å². The summed E-state index contributed by atoms with van der Waals surface area (Å²) in [4.78, 5) is 4.66. The molecule has 1 aromatic rings. The van der Waals surface area contributed by atoms with Gasteiger partial charge in [-0.1, -0.05) is 12.1 Å². The van der Waals surface area contributed by atoms with Gasteiger partial charge in [-0.05, 0) is 43.9 Å². The lowest BCUT2D eigenvalue weighted by atomic mass is 9.84. The van der Waals surface area contributed by atoms with Crippen molar-refractivity contribution < 1.29 is 14.2 Å². The summed E-state index contributed by atoms with van der Waals surface area (Å²) >= 11 is 0. The van der Waals surface area contributed by atoms with E-state index in [-0.39, 0.29) is 41.8 Å². The molecule has 0 aromatic heterocycles. The zero-order chi connectivity index (χ0) is 17.3. The Hall–Kier alpha value is -0.930. The Morgan fingerprint density at radius 2 is 2.24 bits per heavy atom. The van der Waals surface area contributed by atoms with Crippen LogP contribution < -0.4 is 10.6 Å². The summed E-state index contributed by atoms with van der Waals surface area (Å²) in [7, 11) is 0. The van der Waals surface area contributed by atoms with Crippen molar-refractivity contribution in [3.05, 3.63) is 35.6 Å². The zero-order valence-corrected chi connectivity index (χ0v) is 17.1. The normalized spacial score (nSPS) is 20.2. The molecule has 1 saturated heterocycles. The predicted octanol–water partition coefficient (Wildman–Crippen LogP) is 2.33. The first-order chi connectivity index (χ1) is 11.7. The molecule has 142 valence electrons. The Bertz CT molecular complexity index is 537. The average Bonchev–Trinajstić information content (AvgIpc) is 3.02. The molecular weight excluding hydrogens is 436 g/mol. The Labute approximate surface area is 166 Å². The van der Waals surface area contributed by atoms with E-state index >= 15 is 0 Å². The maximum absolute atomic E-state index is 13.2. The van der Waals surface area contributed by atoms with Crippen LogP contribution in [-0.2, 0) is 11.2 Å². The number of nitrogens with one attached hydrogen (secondary N) is 2. The number of aliphatic imine (C=N–C) groups is 1. The SMILES string of the molecule is CCNC(=NCC1(CCO)CCOC1)NCCc1cccc(F)c1.I. The molecule has 0 aliphatic carbocycles. The molecule has 1 aliphatic heterocycles. The summed E-state index contributed by atoms with van der Waals surface area (Å²) < 4.78 is 18.7. The highest BCUT2D eigenvalue weighted by Gasteiger charge is 2.34. The number of benzene rings is 1. The number of hydrogen-bond donors (Lipinski definition) is 3. The molecular formula is C18H29FIN3O2. The van der Waals surface area contributed by atoms with E-state index in [0.29, 0.717) is 26.1 Å². The molecule has 1 unspecified atom stereocenters. The van der Waals surface area contributed by atoms with Crippen LogP contribution in [0.1, 0.15) is 25.3 Å². The molecule has 1 aliphatic rings. The third kappa shape index (κ3) is 7.45. The third-order valence-electron chi connectivity index (χ3n) is 4.34. The maximum Gasteiger partial charge on any atom is 0.191 e. The average molecular weight is 465 g/mol. The van der Waals surface area contributed by atoms with E-state index in [1.165, 1.54) is 6.07 Å². The molecule has 7 heteroatoms. The van der Waals surface area contributed by atoms with Crippen LogP contribution in [0.5, 0.6) is 0 Å². The fourth-order valence-electron chi connectivity index (χ4n) is 2.89. The van der Waals surface area contributed by atoms with Gasteiger partial charge in [0, 0.05) is 31.7 Å². The van der Waals surface area contributed by atoms with Gasteiger partial charge in [0.05, 0.1) is 13.2 Å². The molecule has 0 bridgehead atoms. The van der Waals surface area contributed by atoms with Crippen LogP contribution in [0.2, 0.25) is 0 Å². The molecule has 0 saturated carbocycles. The van der Waals surface area contributed by atoms with Gasteiger partial charge < -0.3 is 20.5 Å². The van der Waals surface area contributed by atoms with E-state index in [9.17, 15) is 9.50 Å². The van der Waals surface area contributed by atoms with Crippen molar-refractivity contribution in [2.75, 3.05) is 39.5 Å². The van der Waals surface area contributed by atoms with Crippen molar-refractivity contribution in [3.63, 3.8) is 0 Å². The van der Waals surface area contributed by atoms with Gasteiger partial charge in [-0.3, -0.25) is 4.99 Å². The van der Waals surface area contributed by atoms with Gasteiger partial charge in [-0.15, -0.1) is 24.0 Å². The highest BCUT2D eigenvalue weighted by Crippen LogP contribution is 2.32. The Morgan fingerprint density at radius 1 is 1.40 bits per heavy atom. The van der Waals surface area contributed by atoms with Crippen LogP contribution in [0.25, 0.3) is 0 Å². The number of nitrogens with zero attached hydrogens (tertiary/aromatic N) is 1. The zero-order valence-electron chi connectivity index (χ0n) is 14.8. The van der Waals surface area contributed by atoms with Crippen molar-refractivity contribution in [1.29, 1.82) is 0 Å². The summed E-state index contributed by atoms with van der Waals surface area (Å²) in [6.07, 6.45) is 2.37. The molecule has 1 fully saturated rings. The minimum atomic E-state index is -0.208. The number of aliphatic hydroxyl groups excluding tert-OH is 1. The van der Waals surface area contributed by atoms with Crippen molar-refractivity contribution in [1.82, 2.24) is 10.6 Å². The monoisotopic (exact) mass is 465 g/mol. The number of guanidine groups is 1. The van der Waals surface area contributed by atoms with Crippen molar-refractivity contribution in [3.8, 4) is 0 Å². The number of ether oxygens (including phenoxy) is 1. The summed E-state index contributed by atoms with van der Waals surface area (Å²) in [5.41, 5.74) is 0.902. The lowest BCUT2D eigenvalue weighted by Crippen LogP contribution is -2.39. The van der Waals surface area contributed by atoms with Crippen LogP contribution in [0.3, 0.4) is 0 Å². The first-order valence-electron chi connectivity index (χ1n) is 8.63. The Morgan fingerprint density at radius 3 is 2.88 bits per heavy atom. The summed E-state index contributed by atoms with van der Waals surface area (Å²) in [5, 5.41) is 15.8. The second kappa shape index (κ2) is 11.6. The minimum absolute atomic E-state index is 0. The highest BCUT2D eigenvalue weighted by atomic mass is 127. The van der Waals surface area contributed by atoms with Crippen molar-refractivity contribution in [2.45, 2.75) is 26.2 Å². The lowest BCUT2D eigenvalue weighted by Gasteiger charge is -2.24. The molecule has 25 heavy (non-hydrogen) atoms. The minimum Gasteiger partial charge on any atom is -0.396 e. The molecule has 0 radical (unpaired) electrons. The van der Waals surface area contributed by atoms with Crippen LogP contribution in [0, 0.1) is 11.2 Å². The third-order valence-corrected chi connectivity index (χ3v) is 4.34. The van der Waals surface area contributed by atoms with Gasteiger partial charge in [0.15, 0.2) is 5.96 Å². The highest BCUT2D eigenvalue weighted by molar-refractivity contribution is 14.0. The van der Waals surface area contributed by atoms with Gasteiger partial charge >= 0.3 is 0 Å². The lowest BCUT2D eigenvalue weighted by molar-refractivity contribution is 0.131. The number of rotatable bonds is 8. The Balaban J connectivity index is 0.00000312. The molecule has 1 atom stereocenters. The van der Waals surface area contributed by atoms with Crippen LogP contribution in [0.4, 0.5) is 4.39 Å². The second-order valence-electron chi connectivity index (χ2n) is 6.28. The second-order valence-corrected chi connectivity index (χ2v) is 6.28. The van der Waals surface area contributed by atoms with Gasteiger partial charge in [0.1, 0.15) is 5.82 Å². The van der Waals surface area contributed by atoms with Gasteiger partial charge in [-0.25, -0.2) is 4.39 Å². The molecule has 0 amide bonds. The summed E-state index contributed by atoms with van der Waals surface area (Å²) in [6, 6.07) is 6.65. The van der Waals surface area contributed by atoms with Gasteiger partial charge in [0.25, 0.3) is 0 Å². The van der Waals surface area contributed by atoms with Crippen LogP contribution in [-0.4, -0.2) is 50.5 Å². The fraction of sp³-hybridized carbons (Fsp3) is 0.611. The number of hydrogen-bond acceptors (Lipinski definition) is 3. The topological polar surface area (TPSA) is 65.9 Å². The quantitative estimate of drug-likeness (QED) is 0.313. The standard InChI is InChI=1S/C18H28FN3O2.HI/c1-2-20-17(21-9-6-15-4-3-5-16(19)12-15)22-13-18(7-10-23)8-11-24-14-18;/h3-5,12,23H,2,6-11,13-14H2,1H3,(H2,20,21,22);1H. The first kappa shape index (κ1) is 22.1. The van der Waals surface area contributed by atoms with Gasteiger partial charge in [0.2, 0.25) is 0 Å². The molecule has 1 aromatic carbocycles. The molecule has 1 heterocycles. The van der Waals surface area contributed by atoms with Crippen molar-refractivity contribution in [2.24, 2.45) is 10.4 Å². The molecule has 3 N–H and O–H groups in total. The number of aliphatic hydroxyl groups is 1. The summed E-state index contributed by atoms with van der Waals surface area (Å²) in [6.45, 7) is 5.64. The van der Waals surface area contributed by atoms with Crippen molar-refractivity contribution >= 4 is 29.9 Å². The van der Waals surface area contributed by atoms with Crippen LogP contribution >= 0.6 is 24.0 Å². The van der Waals surface area contributed by atoms with E-state index in [1.54, 1.807) is 12.1 Å². The van der Waals surface area contributed by atoms with Gasteiger partial charge in [-0.2, -0.15) is 0 Å². The summed E-state index contributed by atoms with van der Waals surface area (Å²) in [5.74, 6) is 0.540.